The molecule has 1 aliphatic heterocycles. The van der Waals surface area contributed by atoms with Crippen molar-refractivity contribution in [2.24, 2.45) is 17.8 Å². The highest BCUT2D eigenvalue weighted by atomic mass is 16.4. The number of nitrogens with zero attached hydrogens (tertiary/aromatic N) is 1. The Morgan fingerprint density at radius 1 is 1.11 bits per heavy atom. The molecule has 0 aromatic carbocycles. The third-order valence-electron chi connectivity index (χ3n) is 4.21. The van der Waals surface area contributed by atoms with Crippen molar-refractivity contribution in [3.05, 3.63) is 0 Å². The summed E-state index contributed by atoms with van der Waals surface area (Å²) in [6, 6.07) is 0. The van der Waals surface area contributed by atoms with Crippen LogP contribution in [-0.2, 0) is 9.59 Å². The fourth-order valence-electron chi connectivity index (χ4n) is 3.16. The summed E-state index contributed by atoms with van der Waals surface area (Å²) in [5, 5.41) is 18.6. The highest BCUT2D eigenvalue weighted by molar-refractivity contribution is 5.85. The largest absolute Gasteiger partial charge is 0.481 e. The van der Waals surface area contributed by atoms with Gasteiger partial charge >= 0.3 is 5.97 Å². The molecule has 1 saturated carbocycles. The van der Waals surface area contributed by atoms with Crippen LogP contribution in [0.5, 0.6) is 0 Å². The molecule has 0 aromatic heterocycles. The van der Waals surface area contributed by atoms with E-state index in [2.05, 4.69) is 0 Å². The third kappa shape index (κ3) is 2.66. The molecule has 2 fully saturated rings. The van der Waals surface area contributed by atoms with E-state index in [9.17, 15) is 19.8 Å². The molecule has 1 amide bonds. The van der Waals surface area contributed by atoms with Crippen molar-refractivity contribution in [2.75, 3.05) is 13.1 Å². The molecule has 0 aromatic rings. The van der Waals surface area contributed by atoms with Crippen molar-refractivity contribution in [3.8, 4) is 0 Å². The molecule has 102 valence electrons. The Morgan fingerprint density at radius 2 is 1.67 bits per heavy atom. The lowest BCUT2D eigenvalue weighted by atomic mass is 9.93. The molecule has 3 atom stereocenters. The summed E-state index contributed by atoms with van der Waals surface area (Å²) in [6.45, 7) is 3.11. The van der Waals surface area contributed by atoms with Gasteiger partial charge in [0.05, 0.1) is 17.9 Å². The predicted molar refractivity (Wildman–Crippen MR) is 64.8 cm³/mol. The highest BCUT2D eigenvalue weighted by Crippen LogP contribution is 2.37. The molecule has 18 heavy (non-hydrogen) atoms. The van der Waals surface area contributed by atoms with Gasteiger partial charge in [0.15, 0.2) is 0 Å². The fraction of sp³-hybridized carbons (Fsp3) is 0.846. The summed E-state index contributed by atoms with van der Waals surface area (Å²) in [5.74, 6) is -1.48. The van der Waals surface area contributed by atoms with E-state index < -0.39 is 11.9 Å². The first-order valence-corrected chi connectivity index (χ1v) is 6.68. The Labute approximate surface area is 107 Å². The quantitative estimate of drug-likeness (QED) is 0.762. The molecule has 1 aliphatic carbocycles. The number of aliphatic carboxylic acids is 1. The zero-order valence-corrected chi connectivity index (χ0v) is 10.7. The number of piperidine rings is 1. The van der Waals surface area contributed by atoms with Crippen LogP contribution >= 0.6 is 0 Å². The monoisotopic (exact) mass is 255 g/mol. The van der Waals surface area contributed by atoms with Crippen LogP contribution in [0.15, 0.2) is 0 Å². The maximum atomic E-state index is 12.3. The molecule has 0 bridgehead atoms. The molecule has 1 heterocycles. The molecular formula is C13H21NO4. The number of likely N-dealkylation sites (tertiary alicyclic amines) is 1. The molecular weight excluding hydrogens is 234 g/mol. The van der Waals surface area contributed by atoms with Gasteiger partial charge in [0.2, 0.25) is 5.91 Å². The van der Waals surface area contributed by atoms with Gasteiger partial charge in [0, 0.05) is 13.1 Å². The molecule has 2 N–H and O–H groups in total. The van der Waals surface area contributed by atoms with Gasteiger partial charge in [-0.1, -0.05) is 6.92 Å². The summed E-state index contributed by atoms with van der Waals surface area (Å²) in [6.07, 6.45) is 2.17. The lowest BCUT2D eigenvalue weighted by Gasteiger charge is -2.32. The first kappa shape index (κ1) is 13.3. The Bertz CT molecular complexity index is 336. The van der Waals surface area contributed by atoms with Crippen LogP contribution in [0.25, 0.3) is 0 Å². The minimum Gasteiger partial charge on any atom is -0.481 e. The highest BCUT2D eigenvalue weighted by Gasteiger charge is 2.43. The zero-order chi connectivity index (χ0) is 13.3. The van der Waals surface area contributed by atoms with Gasteiger partial charge in [-0.15, -0.1) is 0 Å². The maximum absolute atomic E-state index is 12.3. The molecule has 0 radical (unpaired) electrons. The Kier molecular flexibility index (Phi) is 3.90. The lowest BCUT2D eigenvalue weighted by molar-refractivity contribution is -0.149. The van der Waals surface area contributed by atoms with Gasteiger partial charge in [-0.05, 0) is 31.6 Å². The standard InChI is InChI=1S/C13H21NO4/c1-8-6-10(11(7-8)13(17)18)12(16)14-4-2-9(15)3-5-14/h8-11,15H,2-7H2,1H3,(H,17,18)/t8?,10-,11+/m0/s1. The molecule has 1 saturated heterocycles. The van der Waals surface area contributed by atoms with Gasteiger partial charge < -0.3 is 15.1 Å². The van der Waals surface area contributed by atoms with Crippen molar-refractivity contribution in [1.82, 2.24) is 4.90 Å². The van der Waals surface area contributed by atoms with Crippen molar-refractivity contribution in [1.29, 1.82) is 0 Å². The average Bonchev–Trinajstić information content (AvgIpc) is 2.71. The van der Waals surface area contributed by atoms with Crippen LogP contribution in [0, 0.1) is 17.8 Å². The Balaban J connectivity index is 2.01. The van der Waals surface area contributed by atoms with Crippen LogP contribution in [0.2, 0.25) is 0 Å². The van der Waals surface area contributed by atoms with Crippen LogP contribution in [0.3, 0.4) is 0 Å². The second-order valence-corrected chi connectivity index (χ2v) is 5.68. The van der Waals surface area contributed by atoms with E-state index in [1.807, 2.05) is 6.92 Å². The first-order chi connectivity index (χ1) is 8.49. The number of carbonyl (C=O) groups is 2. The summed E-state index contributed by atoms with van der Waals surface area (Å²) in [4.78, 5) is 25.3. The second kappa shape index (κ2) is 5.26. The molecule has 5 nitrogen and oxygen atoms in total. The van der Waals surface area contributed by atoms with E-state index in [0.717, 1.165) is 0 Å². The summed E-state index contributed by atoms with van der Waals surface area (Å²) in [5.41, 5.74) is 0. The number of hydrogen-bond donors (Lipinski definition) is 2. The second-order valence-electron chi connectivity index (χ2n) is 5.68. The lowest BCUT2D eigenvalue weighted by Crippen LogP contribution is -2.44. The van der Waals surface area contributed by atoms with Gasteiger partial charge in [-0.2, -0.15) is 0 Å². The zero-order valence-electron chi connectivity index (χ0n) is 10.7. The number of aliphatic hydroxyl groups is 1. The molecule has 0 spiro atoms. The number of amides is 1. The molecule has 1 unspecified atom stereocenters. The fourth-order valence-corrected chi connectivity index (χ4v) is 3.16. The number of carboxylic acid groups (broad SMARTS) is 1. The molecule has 2 rings (SSSR count). The molecule has 5 heteroatoms. The van der Waals surface area contributed by atoms with Crippen molar-refractivity contribution in [3.63, 3.8) is 0 Å². The maximum Gasteiger partial charge on any atom is 0.307 e. The summed E-state index contributed by atoms with van der Waals surface area (Å²) in [7, 11) is 0. The predicted octanol–water partition coefficient (Wildman–Crippen LogP) is 0.717. The first-order valence-electron chi connectivity index (χ1n) is 6.68. The topological polar surface area (TPSA) is 77.8 Å². The van der Waals surface area contributed by atoms with Crippen molar-refractivity contribution >= 4 is 11.9 Å². The van der Waals surface area contributed by atoms with Crippen molar-refractivity contribution < 1.29 is 19.8 Å². The minimum absolute atomic E-state index is 0.0290. The Morgan fingerprint density at radius 3 is 2.22 bits per heavy atom. The van der Waals surface area contributed by atoms with E-state index in [0.29, 0.717) is 44.7 Å². The van der Waals surface area contributed by atoms with E-state index in [1.165, 1.54) is 0 Å². The average molecular weight is 255 g/mol. The van der Waals surface area contributed by atoms with E-state index in [-0.39, 0.29) is 17.9 Å². The third-order valence-corrected chi connectivity index (χ3v) is 4.21. The van der Waals surface area contributed by atoms with Crippen LogP contribution in [0.1, 0.15) is 32.6 Å². The van der Waals surface area contributed by atoms with Crippen molar-refractivity contribution in [2.45, 2.75) is 38.7 Å². The molecule has 2 aliphatic rings. The normalized spacial score (nSPS) is 33.7. The van der Waals surface area contributed by atoms with E-state index in [4.69, 9.17) is 0 Å². The van der Waals surface area contributed by atoms with Gasteiger partial charge in [-0.3, -0.25) is 9.59 Å². The van der Waals surface area contributed by atoms with Gasteiger partial charge in [-0.25, -0.2) is 0 Å². The minimum atomic E-state index is -0.852. The smallest absolute Gasteiger partial charge is 0.307 e. The summed E-state index contributed by atoms with van der Waals surface area (Å²) < 4.78 is 0. The van der Waals surface area contributed by atoms with Crippen LogP contribution in [0.4, 0.5) is 0 Å². The number of rotatable bonds is 2. The van der Waals surface area contributed by atoms with E-state index >= 15 is 0 Å². The Hall–Kier alpha value is -1.10. The van der Waals surface area contributed by atoms with Gasteiger partial charge in [0.1, 0.15) is 0 Å². The number of carbonyl (C=O) groups excluding carboxylic acids is 1. The number of aliphatic hydroxyl groups excluding tert-OH is 1. The van der Waals surface area contributed by atoms with Gasteiger partial charge in [0.25, 0.3) is 0 Å². The summed E-state index contributed by atoms with van der Waals surface area (Å²) >= 11 is 0. The van der Waals surface area contributed by atoms with E-state index in [1.54, 1.807) is 4.90 Å². The van der Waals surface area contributed by atoms with Crippen LogP contribution < -0.4 is 0 Å². The number of hydrogen-bond acceptors (Lipinski definition) is 3. The SMILES string of the molecule is CC1C[C@H](C(=O)N2CCC(O)CC2)[C@H](C(=O)O)C1. The number of carboxylic acids is 1. The van der Waals surface area contributed by atoms with Crippen LogP contribution in [-0.4, -0.2) is 46.2 Å².